The number of nitrogens with zero attached hydrogens (tertiary/aromatic N) is 4. The summed E-state index contributed by atoms with van der Waals surface area (Å²) in [6, 6.07) is 7.55. The second-order valence-electron chi connectivity index (χ2n) is 7.14. The normalized spacial score (nSPS) is 12.7. The van der Waals surface area contributed by atoms with Gasteiger partial charge in [0.2, 0.25) is 0 Å². The first-order valence-electron chi connectivity index (χ1n) is 9.57. The average Bonchev–Trinajstić information content (AvgIpc) is 2.78. The zero-order valence-corrected chi connectivity index (χ0v) is 16.8. The van der Waals surface area contributed by atoms with Crippen LogP contribution in [0.25, 0.3) is 22.2 Å². The molecule has 4 aromatic heterocycles. The molecule has 0 aliphatic heterocycles. The first-order chi connectivity index (χ1) is 15.3. The van der Waals surface area contributed by atoms with E-state index in [9.17, 15) is 18.3 Å². The topological polar surface area (TPSA) is 104 Å². The van der Waals surface area contributed by atoms with Crippen LogP contribution < -0.4 is 5.32 Å². The highest BCUT2D eigenvalue weighted by Crippen LogP contribution is 2.31. The first-order valence-corrected chi connectivity index (χ1v) is 9.57. The molecule has 164 valence electrons. The molecule has 0 fully saturated rings. The number of hydrogen-bond donors (Lipinski definition) is 3. The Kier molecular flexibility index (Phi) is 5.72. The van der Waals surface area contributed by atoms with Crippen molar-refractivity contribution in [3.63, 3.8) is 0 Å². The van der Waals surface area contributed by atoms with Crippen molar-refractivity contribution in [2.45, 2.75) is 19.2 Å². The van der Waals surface area contributed by atoms with Crippen molar-refractivity contribution >= 4 is 22.5 Å². The number of rotatable bonds is 5. The van der Waals surface area contributed by atoms with E-state index in [4.69, 9.17) is 5.11 Å². The SMILES string of the molecule is Cc1cc([C@H](O)CO)cnc1-c1cnc2c(Nc3ccc(C(F)(F)F)cn3)nccc2c1. The van der Waals surface area contributed by atoms with Crippen LogP contribution in [-0.2, 0) is 6.18 Å². The van der Waals surface area contributed by atoms with E-state index in [2.05, 4.69) is 25.3 Å². The monoisotopic (exact) mass is 441 g/mol. The molecule has 0 aromatic carbocycles. The van der Waals surface area contributed by atoms with Crippen LogP contribution in [0, 0.1) is 6.92 Å². The maximum Gasteiger partial charge on any atom is 0.417 e. The maximum absolute atomic E-state index is 12.7. The van der Waals surface area contributed by atoms with Crippen molar-refractivity contribution in [2.75, 3.05) is 11.9 Å². The molecule has 4 aromatic rings. The standard InChI is InChI=1S/C22H18F3N5O2/c1-12-6-14(17(32)11-31)8-28-19(12)15-7-13-4-5-26-21(20(13)29-9-15)30-18-3-2-16(10-27-18)22(23,24)25/h2-10,17,31-32H,11H2,1H3,(H,26,27,30)/t17-/m1/s1. The summed E-state index contributed by atoms with van der Waals surface area (Å²) in [5.74, 6) is 0.562. The van der Waals surface area contributed by atoms with Crippen molar-refractivity contribution in [1.29, 1.82) is 0 Å². The van der Waals surface area contributed by atoms with Crippen molar-refractivity contribution in [1.82, 2.24) is 19.9 Å². The quantitative estimate of drug-likeness (QED) is 0.427. The van der Waals surface area contributed by atoms with Crippen LogP contribution >= 0.6 is 0 Å². The Labute approximate surface area is 180 Å². The van der Waals surface area contributed by atoms with Crippen LogP contribution in [-0.4, -0.2) is 36.8 Å². The van der Waals surface area contributed by atoms with E-state index in [1.54, 1.807) is 24.5 Å². The number of fused-ring (bicyclic) bond motifs is 1. The van der Waals surface area contributed by atoms with Gasteiger partial charge in [0.05, 0.1) is 17.9 Å². The van der Waals surface area contributed by atoms with E-state index in [0.717, 1.165) is 28.8 Å². The van der Waals surface area contributed by atoms with Gasteiger partial charge >= 0.3 is 6.18 Å². The highest BCUT2D eigenvalue weighted by atomic mass is 19.4. The molecular formula is C22H18F3N5O2. The minimum Gasteiger partial charge on any atom is -0.393 e. The predicted molar refractivity (Wildman–Crippen MR) is 112 cm³/mol. The van der Waals surface area contributed by atoms with Crippen LogP contribution in [0.1, 0.15) is 22.8 Å². The molecule has 3 N–H and O–H groups in total. The third-order valence-corrected chi connectivity index (χ3v) is 4.87. The molecule has 0 amide bonds. The molecule has 0 aliphatic carbocycles. The third kappa shape index (κ3) is 4.36. The van der Waals surface area contributed by atoms with Gasteiger partial charge in [-0.3, -0.25) is 9.97 Å². The van der Waals surface area contributed by atoms with Crippen molar-refractivity contribution in [2.24, 2.45) is 0 Å². The van der Waals surface area contributed by atoms with E-state index in [0.29, 0.717) is 22.6 Å². The molecule has 0 radical (unpaired) electrons. The smallest absolute Gasteiger partial charge is 0.393 e. The first kappa shape index (κ1) is 21.6. The van der Waals surface area contributed by atoms with E-state index in [1.807, 2.05) is 13.0 Å². The van der Waals surface area contributed by atoms with Crippen molar-refractivity contribution < 1.29 is 23.4 Å². The van der Waals surface area contributed by atoms with Crippen LogP contribution in [0.15, 0.2) is 55.1 Å². The van der Waals surface area contributed by atoms with Gasteiger partial charge in [-0.25, -0.2) is 9.97 Å². The summed E-state index contributed by atoms with van der Waals surface area (Å²) in [7, 11) is 0. The van der Waals surface area contributed by atoms with Crippen LogP contribution in [0.4, 0.5) is 24.8 Å². The molecule has 7 nitrogen and oxygen atoms in total. The van der Waals surface area contributed by atoms with Gasteiger partial charge in [-0.05, 0) is 42.8 Å². The van der Waals surface area contributed by atoms with Gasteiger partial charge in [-0.2, -0.15) is 13.2 Å². The molecule has 10 heteroatoms. The number of pyridine rings is 4. The molecule has 0 spiro atoms. The Hall–Kier alpha value is -3.63. The minimum atomic E-state index is -4.46. The maximum atomic E-state index is 12.7. The molecule has 0 bridgehead atoms. The largest absolute Gasteiger partial charge is 0.417 e. The fourth-order valence-electron chi connectivity index (χ4n) is 3.22. The molecule has 0 saturated carbocycles. The Morgan fingerprint density at radius 2 is 1.81 bits per heavy atom. The highest BCUT2D eigenvalue weighted by Gasteiger charge is 2.30. The lowest BCUT2D eigenvalue weighted by atomic mass is 10.0. The molecule has 4 rings (SSSR count). The molecule has 0 aliphatic rings. The van der Waals surface area contributed by atoms with Gasteiger partial charge in [0.1, 0.15) is 17.4 Å². The Morgan fingerprint density at radius 1 is 1.00 bits per heavy atom. The van der Waals surface area contributed by atoms with E-state index < -0.39 is 24.5 Å². The van der Waals surface area contributed by atoms with Gasteiger partial charge < -0.3 is 15.5 Å². The summed E-state index contributed by atoms with van der Waals surface area (Å²) in [5, 5.41) is 22.5. The summed E-state index contributed by atoms with van der Waals surface area (Å²) in [6.45, 7) is 1.45. The van der Waals surface area contributed by atoms with E-state index >= 15 is 0 Å². The average molecular weight is 441 g/mol. The van der Waals surface area contributed by atoms with E-state index in [1.165, 1.54) is 12.3 Å². The number of aromatic nitrogens is 4. The minimum absolute atomic E-state index is 0.208. The van der Waals surface area contributed by atoms with Crippen molar-refractivity contribution in [3.05, 3.63) is 71.8 Å². The van der Waals surface area contributed by atoms with Crippen molar-refractivity contribution in [3.8, 4) is 11.3 Å². The van der Waals surface area contributed by atoms with Crippen LogP contribution in [0.5, 0.6) is 0 Å². The molecular weight excluding hydrogens is 423 g/mol. The van der Waals surface area contributed by atoms with Gasteiger partial charge in [-0.1, -0.05) is 0 Å². The number of alkyl halides is 3. The van der Waals surface area contributed by atoms with Gasteiger partial charge in [0.15, 0.2) is 5.82 Å². The van der Waals surface area contributed by atoms with E-state index in [-0.39, 0.29) is 5.82 Å². The number of halogens is 3. The molecule has 32 heavy (non-hydrogen) atoms. The fraction of sp³-hybridized carbons (Fsp3) is 0.182. The number of aliphatic hydroxyl groups is 2. The number of nitrogens with one attached hydrogen (secondary N) is 1. The summed E-state index contributed by atoms with van der Waals surface area (Å²) in [4.78, 5) is 16.9. The Bertz CT molecular complexity index is 1260. The number of anilines is 2. The Morgan fingerprint density at radius 3 is 2.47 bits per heavy atom. The van der Waals surface area contributed by atoms with Gasteiger partial charge in [-0.15, -0.1) is 0 Å². The fourth-order valence-corrected chi connectivity index (χ4v) is 3.22. The number of hydrogen-bond acceptors (Lipinski definition) is 7. The lowest BCUT2D eigenvalue weighted by molar-refractivity contribution is -0.137. The summed E-state index contributed by atoms with van der Waals surface area (Å²) in [6.07, 6.45) is -0.0207. The summed E-state index contributed by atoms with van der Waals surface area (Å²) in [5.41, 5.74) is 2.41. The molecule has 0 saturated heterocycles. The lowest BCUT2D eigenvalue weighted by Crippen LogP contribution is -2.06. The Balaban J connectivity index is 1.64. The van der Waals surface area contributed by atoms with Crippen LogP contribution in [0.3, 0.4) is 0 Å². The zero-order valence-electron chi connectivity index (χ0n) is 16.8. The molecule has 4 heterocycles. The van der Waals surface area contributed by atoms with Gasteiger partial charge in [0, 0.05) is 41.3 Å². The summed E-state index contributed by atoms with van der Waals surface area (Å²) < 4.78 is 38.2. The van der Waals surface area contributed by atoms with Gasteiger partial charge in [0.25, 0.3) is 0 Å². The highest BCUT2D eigenvalue weighted by molar-refractivity contribution is 5.91. The number of aliphatic hydroxyl groups excluding tert-OH is 2. The second-order valence-corrected chi connectivity index (χ2v) is 7.14. The molecule has 1 atom stereocenters. The second kappa shape index (κ2) is 8.48. The molecule has 0 unspecified atom stereocenters. The zero-order chi connectivity index (χ0) is 22.9. The van der Waals surface area contributed by atoms with Crippen LogP contribution in [0.2, 0.25) is 0 Å². The lowest BCUT2D eigenvalue weighted by Gasteiger charge is -2.12. The summed E-state index contributed by atoms with van der Waals surface area (Å²) >= 11 is 0. The predicted octanol–water partition coefficient (Wildman–Crippen LogP) is 4.18. The third-order valence-electron chi connectivity index (χ3n) is 4.87. The number of aryl methyl sites for hydroxylation is 1.